The van der Waals surface area contributed by atoms with Crippen molar-refractivity contribution >= 4 is 17.8 Å². The van der Waals surface area contributed by atoms with Crippen molar-refractivity contribution < 1.29 is 29.4 Å². The van der Waals surface area contributed by atoms with Crippen LogP contribution in [0.15, 0.2) is 48.6 Å². The van der Waals surface area contributed by atoms with E-state index in [9.17, 15) is 24.6 Å². The van der Waals surface area contributed by atoms with Gasteiger partial charge in [-0.15, -0.1) is 0 Å². The number of hydrogen-bond acceptors (Lipinski definition) is 6. The van der Waals surface area contributed by atoms with E-state index in [1.54, 1.807) is 0 Å². The van der Waals surface area contributed by atoms with Crippen molar-refractivity contribution in [2.75, 3.05) is 0 Å². The summed E-state index contributed by atoms with van der Waals surface area (Å²) in [6, 6.07) is 8.29. The zero-order valence-electron chi connectivity index (χ0n) is 11.5. The van der Waals surface area contributed by atoms with Gasteiger partial charge in [-0.3, -0.25) is 14.2 Å². The largest absolute Gasteiger partial charge is 0.494 e. The van der Waals surface area contributed by atoms with Crippen LogP contribution in [0.25, 0.3) is 5.69 Å². The summed E-state index contributed by atoms with van der Waals surface area (Å²) in [5.41, 5.74) is 0.504. The molecule has 0 fully saturated rings. The summed E-state index contributed by atoms with van der Waals surface area (Å²) in [7, 11) is 0. The summed E-state index contributed by atoms with van der Waals surface area (Å²) < 4.78 is 1.16. The van der Waals surface area contributed by atoms with Gasteiger partial charge in [-0.1, -0.05) is 5.06 Å². The maximum Gasteiger partial charge on any atom is 0.363 e. The Hall–Kier alpha value is -3.55. The molecule has 2 amide bonds. The Kier molecular flexibility index (Phi) is 3.34. The van der Waals surface area contributed by atoms with Gasteiger partial charge in [0.25, 0.3) is 11.8 Å². The molecule has 0 radical (unpaired) electrons. The third-order valence-corrected chi connectivity index (χ3v) is 3.14. The normalized spacial score (nSPS) is 13.7. The van der Waals surface area contributed by atoms with E-state index in [2.05, 4.69) is 0 Å². The van der Waals surface area contributed by atoms with E-state index in [0.717, 1.165) is 16.7 Å². The van der Waals surface area contributed by atoms with Gasteiger partial charge >= 0.3 is 5.97 Å². The molecular weight excluding hydrogens is 304 g/mol. The van der Waals surface area contributed by atoms with Gasteiger partial charge in [0.1, 0.15) is 0 Å². The molecule has 23 heavy (non-hydrogen) atoms. The third kappa shape index (κ3) is 2.53. The van der Waals surface area contributed by atoms with Gasteiger partial charge in [0.05, 0.1) is 11.3 Å². The second-order valence-electron chi connectivity index (χ2n) is 4.61. The summed E-state index contributed by atoms with van der Waals surface area (Å²) in [6.07, 6.45) is 1.99. The maximum absolute atomic E-state index is 11.9. The Morgan fingerprint density at radius 1 is 0.870 bits per heavy atom. The van der Waals surface area contributed by atoms with Crippen molar-refractivity contribution in [3.63, 3.8) is 0 Å². The summed E-state index contributed by atoms with van der Waals surface area (Å²) in [4.78, 5) is 39.3. The van der Waals surface area contributed by atoms with E-state index < -0.39 is 17.8 Å². The molecule has 1 aliphatic heterocycles. The maximum atomic E-state index is 11.9. The number of aromatic nitrogens is 1. The summed E-state index contributed by atoms with van der Waals surface area (Å²) in [5, 5.41) is 19.6. The van der Waals surface area contributed by atoms with E-state index in [-0.39, 0.29) is 17.3 Å². The van der Waals surface area contributed by atoms with Gasteiger partial charge in [-0.2, -0.15) is 0 Å². The zero-order valence-corrected chi connectivity index (χ0v) is 11.5. The van der Waals surface area contributed by atoms with E-state index in [0.29, 0.717) is 10.8 Å². The highest BCUT2D eigenvalue weighted by Gasteiger charge is 2.28. The predicted octanol–water partition coefficient (Wildman–Crippen LogP) is 0.885. The number of hydrogen-bond donors (Lipinski definition) is 2. The molecule has 2 N–H and O–H groups in total. The molecule has 2 aromatic rings. The first-order valence-corrected chi connectivity index (χ1v) is 6.46. The smallest absolute Gasteiger partial charge is 0.363 e. The van der Waals surface area contributed by atoms with Crippen molar-refractivity contribution in [1.29, 1.82) is 0 Å². The van der Waals surface area contributed by atoms with Gasteiger partial charge < -0.3 is 15.1 Å². The minimum absolute atomic E-state index is 0.0902. The molecule has 0 atom stereocenters. The van der Waals surface area contributed by atoms with Crippen molar-refractivity contribution in [3.05, 3.63) is 54.1 Å². The van der Waals surface area contributed by atoms with Crippen LogP contribution in [-0.2, 0) is 14.4 Å². The Morgan fingerprint density at radius 3 is 1.91 bits per heavy atom. The van der Waals surface area contributed by atoms with Crippen molar-refractivity contribution in [2.45, 2.75) is 0 Å². The number of amides is 2. The number of imide groups is 1. The number of aromatic hydroxyl groups is 2. The first-order valence-electron chi connectivity index (χ1n) is 6.46. The highest BCUT2D eigenvalue weighted by Crippen LogP contribution is 2.26. The molecular formula is C15H10N2O6. The molecule has 2 heterocycles. The molecule has 1 aromatic carbocycles. The monoisotopic (exact) mass is 314 g/mol. The van der Waals surface area contributed by atoms with Crippen LogP contribution in [0.3, 0.4) is 0 Å². The van der Waals surface area contributed by atoms with E-state index in [1.807, 2.05) is 0 Å². The van der Waals surface area contributed by atoms with Crippen LogP contribution in [0.2, 0.25) is 0 Å². The topological polar surface area (TPSA) is 109 Å². The fraction of sp³-hybridized carbons (Fsp3) is 0. The number of rotatable bonds is 3. The molecule has 0 bridgehead atoms. The third-order valence-electron chi connectivity index (χ3n) is 3.14. The summed E-state index contributed by atoms with van der Waals surface area (Å²) in [6.45, 7) is 0. The lowest BCUT2D eigenvalue weighted by molar-refractivity contribution is -0.170. The van der Waals surface area contributed by atoms with E-state index in [4.69, 9.17) is 4.84 Å². The van der Waals surface area contributed by atoms with Crippen LogP contribution in [-0.4, -0.2) is 37.6 Å². The Balaban J connectivity index is 1.79. The fourth-order valence-corrected chi connectivity index (χ4v) is 2.04. The number of hydroxylamine groups is 2. The number of nitrogens with zero attached hydrogens (tertiary/aromatic N) is 2. The number of carbonyl (C=O) groups excluding carboxylic acids is 3. The van der Waals surface area contributed by atoms with E-state index >= 15 is 0 Å². The van der Waals surface area contributed by atoms with Gasteiger partial charge in [0, 0.05) is 24.3 Å². The quantitative estimate of drug-likeness (QED) is 0.814. The van der Waals surface area contributed by atoms with Gasteiger partial charge in [-0.05, 0) is 24.3 Å². The summed E-state index contributed by atoms with van der Waals surface area (Å²) >= 11 is 0. The highest BCUT2D eigenvalue weighted by atomic mass is 16.7. The van der Waals surface area contributed by atoms with Crippen LogP contribution in [0.5, 0.6) is 11.8 Å². The molecule has 0 aliphatic carbocycles. The first-order chi connectivity index (χ1) is 11.0. The standard InChI is InChI=1S/C15H10N2O6/c18-11-5-6-12(19)16(11)10-3-1-9(2-4-10)15(22)23-17-13(20)7-8-14(17)21/h1-8,18-19H. The zero-order chi connectivity index (χ0) is 16.6. The van der Waals surface area contributed by atoms with Crippen LogP contribution in [0, 0.1) is 0 Å². The minimum atomic E-state index is -0.886. The molecule has 8 nitrogen and oxygen atoms in total. The molecule has 1 aromatic heterocycles. The second kappa shape index (κ2) is 5.34. The molecule has 3 rings (SSSR count). The molecule has 0 spiro atoms. The minimum Gasteiger partial charge on any atom is -0.494 e. The second-order valence-corrected chi connectivity index (χ2v) is 4.61. The van der Waals surface area contributed by atoms with Crippen molar-refractivity contribution in [1.82, 2.24) is 9.63 Å². The highest BCUT2D eigenvalue weighted by molar-refractivity contribution is 6.12. The average molecular weight is 314 g/mol. The predicted molar refractivity (Wildman–Crippen MR) is 75.5 cm³/mol. The average Bonchev–Trinajstić information content (AvgIpc) is 3.03. The molecule has 8 heteroatoms. The van der Waals surface area contributed by atoms with Gasteiger partial charge in [0.15, 0.2) is 11.8 Å². The molecule has 116 valence electrons. The molecule has 1 aliphatic rings. The van der Waals surface area contributed by atoms with E-state index in [1.165, 1.54) is 36.4 Å². The Bertz CT molecular complexity index is 797. The van der Waals surface area contributed by atoms with Gasteiger partial charge in [-0.25, -0.2) is 4.79 Å². The summed E-state index contributed by atoms with van der Waals surface area (Å²) in [5.74, 6) is -2.69. The SMILES string of the molecule is O=C(ON1C(=O)C=CC1=O)c1ccc(-n2c(O)ccc2O)cc1. The Labute approximate surface area is 129 Å². The lowest BCUT2D eigenvalue weighted by atomic mass is 10.2. The number of benzene rings is 1. The van der Waals surface area contributed by atoms with Gasteiger partial charge in [0.2, 0.25) is 0 Å². The lowest BCUT2D eigenvalue weighted by Crippen LogP contribution is -2.32. The Morgan fingerprint density at radius 2 is 1.39 bits per heavy atom. The van der Waals surface area contributed by atoms with Crippen LogP contribution in [0.1, 0.15) is 10.4 Å². The first kappa shape index (κ1) is 14.4. The van der Waals surface area contributed by atoms with Crippen LogP contribution in [0.4, 0.5) is 0 Å². The van der Waals surface area contributed by atoms with Crippen molar-refractivity contribution in [3.8, 4) is 17.4 Å². The molecule has 0 saturated heterocycles. The van der Waals surface area contributed by atoms with Crippen LogP contribution < -0.4 is 0 Å². The fourth-order valence-electron chi connectivity index (χ4n) is 2.04. The van der Waals surface area contributed by atoms with Crippen LogP contribution >= 0.6 is 0 Å². The lowest BCUT2D eigenvalue weighted by Gasteiger charge is -2.13. The van der Waals surface area contributed by atoms with Crippen molar-refractivity contribution in [2.24, 2.45) is 0 Å². The molecule has 0 unspecified atom stereocenters. The number of carbonyl (C=O) groups is 3. The molecule has 0 saturated carbocycles.